The molecule has 6 nitrogen and oxygen atoms in total. The van der Waals surface area contributed by atoms with Crippen LogP contribution in [-0.4, -0.2) is 41.9 Å². The fraction of sp³-hybridized carbons (Fsp3) is 0.872. The molecule has 272 valence electrons. The Labute approximate surface area is 285 Å². The van der Waals surface area contributed by atoms with Gasteiger partial charge in [-0.05, 0) is 44.9 Å². The number of allylic oxidation sites excluding steroid dienone is 4. The molecule has 0 aliphatic carbocycles. The minimum absolute atomic E-state index is 0.254. The van der Waals surface area contributed by atoms with Gasteiger partial charge in [-0.3, -0.25) is 9.35 Å². The summed E-state index contributed by atoms with van der Waals surface area (Å²) in [6.45, 7) is 4.49. The number of amides is 1. The number of aliphatic hydroxyl groups is 1. The maximum atomic E-state index is 12.5. The number of carbonyl (C=O) groups is 1. The molecular weight excluding hydrogens is 594 g/mol. The lowest BCUT2D eigenvalue weighted by molar-refractivity contribution is -0.122. The Morgan fingerprint density at radius 1 is 0.587 bits per heavy atom. The van der Waals surface area contributed by atoms with E-state index in [4.69, 9.17) is 0 Å². The second kappa shape index (κ2) is 33.7. The third-order valence-corrected chi connectivity index (χ3v) is 9.69. The van der Waals surface area contributed by atoms with Crippen LogP contribution in [0.2, 0.25) is 0 Å². The van der Waals surface area contributed by atoms with Crippen molar-refractivity contribution in [3.63, 3.8) is 0 Å². The van der Waals surface area contributed by atoms with Crippen LogP contribution >= 0.6 is 0 Å². The van der Waals surface area contributed by atoms with Crippen molar-refractivity contribution in [3.8, 4) is 0 Å². The molecule has 0 aliphatic heterocycles. The van der Waals surface area contributed by atoms with E-state index < -0.39 is 28.0 Å². The van der Waals surface area contributed by atoms with Gasteiger partial charge in [-0.25, -0.2) is 0 Å². The maximum absolute atomic E-state index is 12.5. The summed E-state index contributed by atoms with van der Waals surface area (Å²) < 4.78 is 32.5. The van der Waals surface area contributed by atoms with Gasteiger partial charge in [0, 0.05) is 6.42 Å². The molecule has 0 spiro atoms. The molecule has 0 aliphatic rings. The van der Waals surface area contributed by atoms with Gasteiger partial charge >= 0.3 is 0 Å². The topological polar surface area (TPSA) is 104 Å². The highest BCUT2D eigenvalue weighted by Crippen LogP contribution is 2.15. The smallest absolute Gasteiger partial charge is 0.266 e. The summed E-state index contributed by atoms with van der Waals surface area (Å²) in [4.78, 5) is 12.5. The SMILES string of the molecule is CCCCCC/C=C\C/C=C\CCCCCCCCCC(=O)NC(CS(=O)(=O)O)C(O)CCCCCCCCCCCCCCC. The quantitative estimate of drug-likeness (QED) is 0.0354. The van der Waals surface area contributed by atoms with E-state index in [9.17, 15) is 22.9 Å². The van der Waals surface area contributed by atoms with Crippen molar-refractivity contribution in [1.82, 2.24) is 5.32 Å². The molecule has 0 aromatic carbocycles. The van der Waals surface area contributed by atoms with E-state index in [2.05, 4.69) is 43.5 Å². The van der Waals surface area contributed by atoms with Crippen molar-refractivity contribution in [2.24, 2.45) is 0 Å². The number of carbonyl (C=O) groups excluding carboxylic acids is 1. The molecule has 3 N–H and O–H groups in total. The van der Waals surface area contributed by atoms with Crippen LogP contribution < -0.4 is 5.32 Å². The van der Waals surface area contributed by atoms with Gasteiger partial charge in [-0.15, -0.1) is 0 Å². The Morgan fingerprint density at radius 3 is 1.43 bits per heavy atom. The van der Waals surface area contributed by atoms with Gasteiger partial charge in [0.25, 0.3) is 10.1 Å². The first-order valence-electron chi connectivity index (χ1n) is 19.5. The van der Waals surface area contributed by atoms with E-state index in [1.807, 2.05) is 0 Å². The van der Waals surface area contributed by atoms with E-state index in [1.165, 1.54) is 116 Å². The highest BCUT2D eigenvalue weighted by atomic mass is 32.2. The van der Waals surface area contributed by atoms with E-state index >= 15 is 0 Å². The van der Waals surface area contributed by atoms with Crippen LogP contribution in [0.5, 0.6) is 0 Å². The van der Waals surface area contributed by atoms with Gasteiger partial charge < -0.3 is 10.4 Å². The largest absolute Gasteiger partial charge is 0.391 e. The summed E-state index contributed by atoms with van der Waals surface area (Å²) in [6, 6.07) is -0.972. The van der Waals surface area contributed by atoms with Crippen molar-refractivity contribution in [2.75, 3.05) is 5.75 Å². The molecule has 0 bridgehead atoms. The lowest BCUT2D eigenvalue weighted by Crippen LogP contribution is -2.47. The van der Waals surface area contributed by atoms with Crippen molar-refractivity contribution in [2.45, 2.75) is 212 Å². The lowest BCUT2D eigenvalue weighted by Gasteiger charge is -2.23. The molecule has 0 rings (SSSR count). The van der Waals surface area contributed by atoms with Crippen LogP contribution in [0.4, 0.5) is 0 Å². The van der Waals surface area contributed by atoms with E-state index in [0.717, 1.165) is 57.8 Å². The average molecular weight is 670 g/mol. The van der Waals surface area contributed by atoms with Crippen molar-refractivity contribution in [3.05, 3.63) is 24.3 Å². The Balaban J connectivity index is 3.90. The van der Waals surface area contributed by atoms with Crippen LogP contribution in [0.25, 0.3) is 0 Å². The molecule has 46 heavy (non-hydrogen) atoms. The van der Waals surface area contributed by atoms with Crippen molar-refractivity contribution in [1.29, 1.82) is 0 Å². The summed E-state index contributed by atoms with van der Waals surface area (Å²) in [5.74, 6) is -0.903. The molecule has 2 unspecified atom stereocenters. The molecule has 0 saturated carbocycles. The standard InChI is InChI=1S/C39H75NO5S/c1-3-5-7-9-11-13-15-17-18-19-20-21-23-25-27-29-31-33-35-39(42)40-37(36-46(43,44)45)38(41)34-32-30-28-26-24-22-16-14-12-10-8-6-4-2/h13,15,18-19,37-38,41H,3-12,14,16-17,20-36H2,1-2H3,(H,40,42)(H,43,44,45)/b15-13-,19-18-. The molecule has 0 radical (unpaired) electrons. The summed E-state index contributed by atoms with van der Waals surface area (Å²) in [5.41, 5.74) is 0. The monoisotopic (exact) mass is 670 g/mol. The summed E-state index contributed by atoms with van der Waals surface area (Å²) in [6.07, 6.45) is 41.2. The highest BCUT2D eigenvalue weighted by Gasteiger charge is 2.26. The fourth-order valence-electron chi connectivity index (χ4n) is 5.95. The van der Waals surface area contributed by atoms with Crippen molar-refractivity contribution >= 4 is 16.0 Å². The highest BCUT2D eigenvalue weighted by molar-refractivity contribution is 7.85. The van der Waals surface area contributed by atoms with Crippen LogP contribution in [0.1, 0.15) is 200 Å². The van der Waals surface area contributed by atoms with Crippen LogP contribution in [-0.2, 0) is 14.9 Å². The number of unbranched alkanes of at least 4 members (excludes halogenated alkanes) is 23. The molecule has 1 amide bonds. The molecule has 0 aromatic rings. The van der Waals surface area contributed by atoms with E-state index in [0.29, 0.717) is 12.8 Å². The zero-order valence-corrected chi connectivity index (χ0v) is 31.0. The minimum atomic E-state index is -4.31. The average Bonchev–Trinajstić information content (AvgIpc) is 3.01. The van der Waals surface area contributed by atoms with Gasteiger partial charge in [0.15, 0.2) is 0 Å². The molecule has 2 atom stereocenters. The first-order chi connectivity index (χ1) is 22.3. The molecule has 0 fully saturated rings. The fourth-order valence-corrected chi connectivity index (χ4v) is 6.71. The number of rotatable bonds is 35. The second-order valence-electron chi connectivity index (χ2n) is 13.6. The second-order valence-corrected chi connectivity index (χ2v) is 15.1. The van der Waals surface area contributed by atoms with Gasteiger partial charge in [0.1, 0.15) is 0 Å². The van der Waals surface area contributed by atoms with Crippen molar-refractivity contribution < 1.29 is 22.9 Å². The summed E-state index contributed by atoms with van der Waals surface area (Å²) in [5, 5.41) is 13.3. The van der Waals surface area contributed by atoms with Gasteiger partial charge in [0.05, 0.1) is 17.9 Å². The number of hydrogen-bond acceptors (Lipinski definition) is 4. The first kappa shape index (κ1) is 44.8. The molecule has 0 heterocycles. The van der Waals surface area contributed by atoms with E-state index in [-0.39, 0.29) is 5.91 Å². The minimum Gasteiger partial charge on any atom is -0.391 e. The third-order valence-electron chi connectivity index (χ3n) is 8.91. The predicted octanol–water partition coefficient (Wildman–Crippen LogP) is 11.2. The van der Waals surface area contributed by atoms with Gasteiger partial charge in [-0.2, -0.15) is 8.42 Å². The van der Waals surface area contributed by atoms with Gasteiger partial charge in [-0.1, -0.05) is 173 Å². The zero-order valence-electron chi connectivity index (χ0n) is 30.2. The Morgan fingerprint density at radius 2 is 0.978 bits per heavy atom. The Kier molecular flexibility index (Phi) is 32.8. The predicted molar refractivity (Wildman–Crippen MR) is 198 cm³/mol. The molecule has 7 heteroatoms. The maximum Gasteiger partial charge on any atom is 0.266 e. The van der Waals surface area contributed by atoms with Crippen LogP contribution in [0, 0.1) is 0 Å². The third kappa shape index (κ3) is 34.2. The van der Waals surface area contributed by atoms with Gasteiger partial charge in [0.2, 0.25) is 5.91 Å². The normalized spacial score (nSPS) is 13.6. The summed E-state index contributed by atoms with van der Waals surface area (Å²) >= 11 is 0. The number of hydrogen-bond donors (Lipinski definition) is 3. The van der Waals surface area contributed by atoms with Crippen LogP contribution in [0.3, 0.4) is 0 Å². The Bertz CT molecular complexity index is 826. The number of aliphatic hydroxyl groups excluding tert-OH is 1. The summed E-state index contributed by atoms with van der Waals surface area (Å²) in [7, 11) is -4.31. The Hall–Kier alpha value is -1.18. The molecule has 0 aromatic heterocycles. The number of nitrogens with one attached hydrogen (secondary N) is 1. The molecule has 0 saturated heterocycles. The molecular formula is C39H75NO5S. The first-order valence-corrected chi connectivity index (χ1v) is 21.1. The lowest BCUT2D eigenvalue weighted by atomic mass is 10.0. The van der Waals surface area contributed by atoms with Crippen LogP contribution in [0.15, 0.2) is 24.3 Å². The zero-order chi connectivity index (χ0) is 34.0. The van der Waals surface area contributed by atoms with E-state index in [1.54, 1.807) is 0 Å².